The predicted molar refractivity (Wildman–Crippen MR) is 594 cm³/mol. The van der Waals surface area contributed by atoms with Crippen LogP contribution in [0.1, 0.15) is 581 Å². The zero-order chi connectivity index (χ0) is 104. The number of nitrogens with zero attached hydrogens (tertiary/aromatic N) is 3. The van der Waals surface area contributed by atoms with E-state index in [4.69, 9.17) is 28.4 Å². The molecule has 0 heterocycles. The third-order valence-corrected chi connectivity index (χ3v) is 29.0. The number of unbranched alkanes of at least 4 members (excludes halogenated alkanes) is 66. The molecule has 838 valence electrons. The Morgan fingerprint density at radius 2 is 0.401 bits per heavy atom. The van der Waals surface area contributed by atoms with Gasteiger partial charge >= 0.3 is 35.8 Å². The van der Waals surface area contributed by atoms with Gasteiger partial charge in [-0.15, -0.1) is 0 Å². The minimum Gasteiger partial charge on any atom is -1.00 e. The third-order valence-electron chi connectivity index (χ3n) is 29.0. The number of allylic oxidation sites excluding steroid dienone is 3. The number of carbonyl (C=O) groups is 6. The van der Waals surface area contributed by atoms with E-state index in [2.05, 4.69) is 102 Å². The molecule has 0 aliphatic carbocycles. The molecule has 19 heteroatoms. The summed E-state index contributed by atoms with van der Waals surface area (Å²) in [6.07, 6.45) is 100. The molecule has 0 rings (SSSR count). The van der Waals surface area contributed by atoms with E-state index in [1.54, 1.807) is 0 Å². The van der Waals surface area contributed by atoms with Crippen molar-refractivity contribution in [2.75, 3.05) is 94.8 Å². The first-order valence-corrected chi connectivity index (χ1v) is 60.9. The highest BCUT2D eigenvalue weighted by Gasteiger charge is 2.31. The second kappa shape index (κ2) is 103. The van der Waals surface area contributed by atoms with Crippen molar-refractivity contribution in [1.29, 1.82) is 0 Å². The van der Waals surface area contributed by atoms with Crippen molar-refractivity contribution in [2.45, 2.75) is 624 Å². The third kappa shape index (κ3) is 97.3. The van der Waals surface area contributed by atoms with Gasteiger partial charge in [0.05, 0.1) is 80.2 Å². The van der Waals surface area contributed by atoms with Crippen LogP contribution in [0.2, 0.25) is 0 Å². The number of hydrogen-bond acceptors (Lipinski definition) is 15. The maximum Gasteiger partial charge on any atom is 0.362 e. The van der Waals surface area contributed by atoms with Crippen molar-refractivity contribution < 1.29 is 110 Å². The number of rotatable bonds is 110. The van der Waals surface area contributed by atoms with Crippen LogP contribution in [0.5, 0.6) is 0 Å². The first-order valence-electron chi connectivity index (χ1n) is 60.9. The van der Waals surface area contributed by atoms with E-state index in [0.29, 0.717) is 90.9 Å². The molecule has 0 amide bonds. The Bertz CT molecular complexity index is 2760. The van der Waals surface area contributed by atoms with Crippen LogP contribution in [0.4, 0.5) is 0 Å². The number of ether oxygens (including phenoxy) is 6. The summed E-state index contributed by atoms with van der Waals surface area (Å²) in [6, 6.07) is 0. The molecule has 0 fully saturated rings. The summed E-state index contributed by atoms with van der Waals surface area (Å²) in [5.74, 6) is -1.90. The predicted octanol–water partition coefficient (Wildman–Crippen LogP) is 29.6. The van der Waals surface area contributed by atoms with Crippen molar-refractivity contribution in [1.82, 2.24) is 0 Å². The molecule has 0 aliphatic rings. The van der Waals surface area contributed by atoms with Gasteiger partial charge in [-0.1, -0.05) is 444 Å². The first-order chi connectivity index (χ1) is 68.4. The maximum absolute atomic E-state index is 13.4. The standard InChI is InChI=1S/C123H236N3O15.HI/c1-13-19-25-28-31-34-37-40-43-46-49-52-61-70-79-91-103-124(7,8)106-121(133)139-115(97-82-22-16-4)112(127)94-85-73-64-55-58-67-76-88-100-118(130)136-109-111(138-120(132)102-90-78-69-60-57-66-75-87-96-114(129)117(99-84-24-18-6)141-123(135)108-126(11,12)105-93-81-72-63-54-51-48-45-42-39-36-33-30-27-21-15-3)110-137-119(131)101-89-77-68-59-56-65-74-86-95-113(128)116(98-83-23-17-5)140-122(134)107-125(9,10)104-92-80-71-62-53-50-47-44-41-38-35-32-29-26-20-14-2;/h73-75,85-87,111-117,127-129H,13-72,76-84,88-110H2,1-12H3;1H/q+3;/p-1/b85-73+,86-74+,87-75+;. The van der Waals surface area contributed by atoms with Gasteiger partial charge in [0.15, 0.2) is 25.7 Å². The second-order valence-electron chi connectivity index (χ2n) is 45.2. The Balaban J connectivity index is 0. The van der Waals surface area contributed by atoms with Crippen LogP contribution in [-0.2, 0) is 57.2 Å². The molecule has 0 spiro atoms. The van der Waals surface area contributed by atoms with Gasteiger partial charge in [0.25, 0.3) is 0 Å². The van der Waals surface area contributed by atoms with Gasteiger partial charge in [0, 0.05) is 19.3 Å². The first kappa shape index (κ1) is 141. The van der Waals surface area contributed by atoms with Crippen LogP contribution in [0.15, 0.2) is 36.5 Å². The number of halogens is 1. The van der Waals surface area contributed by atoms with Crippen molar-refractivity contribution in [3.8, 4) is 0 Å². The van der Waals surface area contributed by atoms with Crippen molar-refractivity contribution >= 4 is 35.8 Å². The smallest absolute Gasteiger partial charge is 0.362 e. The fourth-order valence-corrected chi connectivity index (χ4v) is 19.5. The Kier molecular flexibility index (Phi) is 102. The molecule has 0 aromatic carbocycles. The van der Waals surface area contributed by atoms with Gasteiger partial charge in [-0.2, -0.15) is 0 Å². The average Bonchev–Trinajstić information content (AvgIpc) is 0.893. The minimum absolute atomic E-state index is 0. The molecule has 0 saturated carbocycles. The number of quaternary nitrogens is 3. The Labute approximate surface area is 894 Å². The molecule has 0 aromatic rings. The minimum atomic E-state index is -0.934. The van der Waals surface area contributed by atoms with Gasteiger partial charge < -0.3 is 81.2 Å². The van der Waals surface area contributed by atoms with Crippen molar-refractivity contribution in [2.24, 2.45) is 0 Å². The number of likely N-dealkylation sites (N-methyl/N-ethyl adjacent to an activating group) is 3. The van der Waals surface area contributed by atoms with E-state index in [0.717, 1.165) is 193 Å². The van der Waals surface area contributed by atoms with Gasteiger partial charge in [-0.3, -0.25) is 14.4 Å². The summed E-state index contributed by atoms with van der Waals surface area (Å²) in [5, 5.41) is 34.0. The fraction of sp³-hybridized carbons (Fsp3) is 0.902. The van der Waals surface area contributed by atoms with Gasteiger partial charge in [0.2, 0.25) is 0 Å². The number of aliphatic hydroxyl groups excluding tert-OH is 3. The van der Waals surface area contributed by atoms with Gasteiger partial charge in [0.1, 0.15) is 31.5 Å². The van der Waals surface area contributed by atoms with Crippen LogP contribution in [0.3, 0.4) is 0 Å². The molecular formula is C123H236IN3O15+2. The summed E-state index contributed by atoms with van der Waals surface area (Å²) in [6.45, 7) is 16.6. The van der Waals surface area contributed by atoms with Crippen LogP contribution < -0.4 is 24.0 Å². The molecule has 0 saturated heterocycles. The molecule has 0 bridgehead atoms. The monoisotopic (exact) mass is 2120 g/mol. The van der Waals surface area contributed by atoms with E-state index >= 15 is 0 Å². The largest absolute Gasteiger partial charge is 1.00 e. The summed E-state index contributed by atoms with van der Waals surface area (Å²) < 4.78 is 37.2. The summed E-state index contributed by atoms with van der Waals surface area (Å²) in [5.41, 5.74) is 0. The number of carbonyl (C=O) groups excluding carboxylic acids is 6. The fourth-order valence-electron chi connectivity index (χ4n) is 19.5. The maximum atomic E-state index is 13.4. The normalized spacial score (nSPS) is 13.6. The Morgan fingerprint density at radius 1 is 0.218 bits per heavy atom. The highest BCUT2D eigenvalue weighted by molar-refractivity contribution is 5.72. The lowest BCUT2D eigenvalue weighted by atomic mass is 10.0. The summed E-state index contributed by atoms with van der Waals surface area (Å²) in [7, 11) is 12.7. The van der Waals surface area contributed by atoms with E-state index in [-0.39, 0.29) is 86.3 Å². The quantitative estimate of drug-likeness (QED) is 0.0129. The molecule has 0 aliphatic heterocycles. The number of aliphatic hydroxyl groups is 3. The summed E-state index contributed by atoms with van der Waals surface area (Å²) in [4.78, 5) is 79.9. The van der Waals surface area contributed by atoms with Crippen LogP contribution in [0.25, 0.3) is 0 Å². The summed E-state index contributed by atoms with van der Waals surface area (Å²) >= 11 is 0. The lowest BCUT2D eigenvalue weighted by Crippen LogP contribution is -3.00. The zero-order valence-electron chi connectivity index (χ0n) is 95.5. The Morgan fingerprint density at radius 3 is 0.620 bits per heavy atom. The van der Waals surface area contributed by atoms with Crippen molar-refractivity contribution in [3.05, 3.63) is 36.5 Å². The molecular weight excluding hydrogens is 1890 g/mol. The highest BCUT2D eigenvalue weighted by Crippen LogP contribution is 2.26. The average molecular weight is 2120 g/mol. The molecule has 6 unspecified atom stereocenters. The molecule has 3 N–H and O–H groups in total. The molecule has 0 radical (unpaired) electrons. The lowest BCUT2D eigenvalue weighted by Gasteiger charge is -2.30. The van der Waals surface area contributed by atoms with Crippen LogP contribution >= 0.6 is 0 Å². The molecule has 0 aromatic heterocycles. The van der Waals surface area contributed by atoms with Crippen molar-refractivity contribution in [3.63, 3.8) is 0 Å². The zero-order valence-corrected chi connectivity index (χ0v) is 97.7. The van der Waals surface area contributed by atoms with Gasteiger partial charge in [-0.25, -0.2) is 14.4 Å². The SMILES string of the molecule is CCCCCCCCCCCCCCCCCC[N+](C)(C)CC(=O)OC(CCCCC)C(O)C/C=C/CCCCCCCC(=O)OCC(COC(=O)CCCCCCC/C=C/CC(O)C(CCCCC)OC(=O)C[N+](C)(C)CCCCCCCCCCCCCCCCCC)OC(=O)CCCCCCC/C=C/CC(O)C(CCCCC)OC(=O)C[N+](C)(C)CCCCCCCCCCCCCCCCCC.[I-]. The molecule has 142 heavy (non-hydrogen) atoms. The Hall–Kier alpha value is -3.47. The molecule has 6 atom stereocenters. The van der Waals surface area contributed by atoms with Crippen LogP contribution in [0, 0.1) is 0 Å². The van der Waals surface area contributed by atoms with E-state index in [9.17, 15) is 44.1 Å². The second-order valence-corrected chi connectivity index (χ2v) is 45.2. The van der Waals surface area contributed by atoms with E-state index in [1.165, 1.54) is 289 Å². The number of hydrogen-bond donors (Lipinski definition) is 3. The molecule has 18 nitrogen and oxygen atoms in total. The van der Waals surface area contributed by atoms with E-state index < -0.39 is 48.7 Å². The van der Waals surface area contributed by atoms with Crippen LogP contribution in [-0.4, -0.2) is 202 Å². The lowest BCUT2D eigenvalue weighted by molar-refractivity contribution is -0.883. The number of esters is 6. The van der Waals surface area contributed by atoms with Gasteiger partial charge in [-0.05, 0) is 154 Å². The topological polar surface area (TPSA) is 218 Å². The highest BCUT2D eigenvalue weighted by atomic mass is 127. The van der Waals surface area contributed by atoms with E-state index in [1.807, 2.05) is 18.2 Å².